The van der Waals surface area contributed by atoms with E-state index in [1.807, 2.05) is 6.92 Å². The first kappa shape index (κ1) is 12.7. The van der Waals surface area contributed by atoms with Gasteiger partial charge in [-0.05, 0) is 25.1 Å². The van der Waals surface area contributed by atoms with E-state index in [1.54, 1.807) is 0 Å². The minimum Gasteiger partial charge on any atom is -0.335 e. The highest BCUT2D eigenvalue weighted by molar-refractivity contribution is 5.92. The summed E-state index contributed by atoms with van der Waals surface area (Å²) in [7, 11) is 0. The maximum atomic E-state index is 13.3. The van der Waals surface area contributed by atoms with E-state index in [2.05, 4.69) is 0 Å². The molecule has 2 rings (SSSR count). The molecule has 18 heavy (non-hydrogen) atoms. The molecule has 1 aliphatic rings. The van der Waals surface area contributed by atoms with Crippen LogP contribution in [0, 0.1) is 11.6 Å². The Morgan fingerprint density at radius 3 is 2.44 bits per heavy atom. The molecule has 5 heteroatoms. The fourth-order valence-electron chi connectivity index (χ4n) is 1.91. The lowest BCUT2D eigenvalue weighted by Gasteiger charge is -2.44. The van der Waals surface area contributed by atoms with Gasteiger partial charge in [-0.25, -0.2) is 8.78 Å². The second-order valence-electron chi connectivity index (χ2n) is 4.82. The van der Waals surface area contributed by atoms with E-state index in [9.17, 15) is 13.6 Å². The third-order valence-corrected chi connectivity index (χ3v) is 2.81. The monoisotopic (exact) mass is 252 g/mol. The van der Waals surface area contributed by atoms with Crippen LogP contribution in [0.3, 0.4) is 0 Å². The van der Waals surface area contributed by atoms with Crippen molar-refractivity contribution in [2.75, 3.05) is 13.1 Å². The zero-order chi connectivity index (χ0) is 13.3. The number of halogens is 2. The molecular weight excluding hydrogens is 238 g/mol. The standard InChI is InChI=1S/C13H14F2N2O/c1-13(16)7-17(8-13)12(18)6-5-9-10(14)3-2-4-11(9)15/h2-6H,7-8,16H2,1H3. The molecule has 1 saturated heterocycles. The smallest absolute Gasteiger partial charge is 0.246 e. The van der Waals surface area contributed by atoms with Crippen LogP contribution in [0.2, 0.25) is 0 Å². The van der Waals surface area contributed by atoms with Gasteiger partial charge in [0.1, 0.15) is 11.6 Å². The number of amides is 1. The van der Waals surface area contributed by atoms with E-state index in [0.29, 0.717) is 13.1 Å². The quantitative estimate of drug-likeness (QED) is 0.811. The molecular formula is C13H14F2N2O. The van der Waals surface area contributed by atoms with Gasteiger partial charge in [-0.15, -0.1) is 0 Å². The summed E-state index contributed by atoms with van der Waals surface area (Å²) in [5.41, 5.74) is 5.21. The van der Waals surface area contributed by atoms with Gasteiger partial charge in [-0.1, -0.05) is 6.07 Å². The Labute approximate surface area is 104 Å². The van der Waals surface area contributed by atoms with E-state index in [4.69, 9.17) is 5.73 Å². The molecule has 0 aliphatic carbocycles. The van der Waals surface area contributed by atoms with Crippen molar-refractivity contribution in [2.45, 2.75) is 12.5 Å². The number of nitrogens with zero attached hydrogens (tertiary/aromatic N) is 1. The summed E-state index contributed by atoms with van der Waals surface area (Å²) < 4.78 is 26.6. The molecule has 0 aromatic heterocycles. The van der Waals surface area contributed by atoms with Gasteiger partial charge in [0.15, 0.2) is 0 Å². The van der Waals surface area contributed by atoms with Crippen LogP contribution in [-0.2, 0) is 4.79 Å². The van der Waals surface area contributed by atoms with Crippen LogP contribution in [0.4, 0.5) is 8.78 Å². The number of rotatable bonds is 2. The summed E-state index contributed by atoms with van der Waals surface area (Å²) in [6.07, 6.45) is 2.32. The summed E-state index contributed by atoms with van der Waals surface area (Å²) in [6, 6.07) is 3.57. The zero-order valence-corrected chi connectivity index (χ0v) is 9.99. The van der Waals surface area contributed by atoms with Gasteiger partial charge in [-0.3, -0.25) is 4.79 Å². The van der Waals surface area contributed by atoms with E-state index < -0.39 is 11.6 Å². The van der Waals surface area contributed by atoms with E-state index in [1.165, 1.54) is 11.0 Å². The molecule has 0 bridgehead atoms. The van der Waals surface area contributed by atoms with Crippen molar-refractivity contribution < 1.29 is 13.6 Å². The summed E-state index contributed by atoms with van der Waals surface area (Å²) >= 11 is 0. The number of hydrogen-bond acceptors (Lipinski definition) is 2. The van der Waals surface area contributed by atoms with Crippen molar-refractivity contribution in [2.24, 2.45) is 5.73 Å². The third kappa shape index (κ3) is 2.56. The molecule has 96 valence electrons. The summed E-state index contributed by atoms with van der Waals surface area (Å²) in [4.78, 5) is 13.2. The third-order valence-electron chi connectivity index (χ3n) is 2.81. The molecule has 0 spiro atoms. The van der Waals surface area contributed by atoms with Crippen molar-refractivity contribution in [1.29, 1.82) is 0 Å². The Hall–Kier alpha value is -1.75. The molecule has 0 unspecified atom stereocenters. The molecule has 1 aromatic rings. The van der Waals surface area contributed by atoms with Gasteiger partial charge < -0.3 is 10.6 Å². The van der Waals surface area contributed by atoms with Crippen LogP contribution >= 0.6 is 0 Å². The Morgan fingerprint density at radius 2 is 1.94 bits per heavy atom. The maximum absolute atomic E-state index is 13.3. The van der Waals surface area contributed by atoms with Gasteiger partial charge in [0.25, 0.3) is 0 Å². The Balaban J connectivity index is 2.06. The minimum absolute atomic E-state index is 0.207. The van der Waals surface area contributed by atoms with Crippen molar-refractivity contribution in [3.63, 3.8) is 0 Å². The van der Waals surface area contributed by atoms with Crippen LogP contribution < -0.4 is 5.73 Å². The highest BCUT2D eigenvalue weighted by atomic mass is 19.1. The Morgan fingerprint density at radius 1 is 1.39 bits per heavy atom. The van der Waals surface area contributed by atoms with Crippen LogP contribution in [0.15, 0.2) is 24.3 Å². The molecule has 3 nitrogen and oxygen atoms in total. The molecule has 1 heterocycles. The lowest BCUT2D eigenvalue weighted by Crippen LogP contribution is -2.66. The minimum atomic E-state index is -0.689. The number of carbonyl (C=O) groups is 1. The average Bonchev–Trinajstić information content (AvgIpc) is 2.24. The second kappa shape index (κ2) is 4.49. The molecule has 1 aromatic carbocycles. The highest BCUT2D eigenvalue weighted by Gasteiger charge is 2.36. The Bertz CT molecular complexity index is 483. The second-order valence-corrected chi connectivity index (χ2v) is 4.82. The van der Waals surface area contributed by atoms with Gasteiger partial charge in [0.05, 0.1) is 0 Å². The van der Waals surface area contributed by atoms with Gasteiger partial charge >= 0.3 is 0 Å². The van der Waals surface area contributed by atoms with E-state index in [0.717, 1.165) is 24.3 Å². The lowest BCUT2D eigenvalue weighted by molar-refractivity contribution is -0.132. The number of benzene rings is 1. The van der Waals surface area contributed by atoms with Crippen LogP contribution in [-0.4, -0.2) is 29.4 Å². The molecule has 1 amide bonds. The lowest BCUT2D eigenvalue weighted by atomic mass is 9.94. The highest BCUT2D eigenvalue weighted by Crippen LogP contribution is 2.18. The summed E-state index contributed by atoms with van der Waals surface area (Å²) in [5, 5.41) is 0. The molecule has 1 fully saturated rings. The van der Waals surface area contributed by atoms with Crippen LogP contribution in [0.1, 0.15) is 12.5 Å². The summed E-state index contributed by atoms with van der Waals surface area (Å²) in [6.45, 7) is 2.75. The molecule has 1 aliphatic heterocycles. The first-order chi connectivity index (χ1) is 8.39. The number of nitrogens with two attached hydrogens (primary N) is 1. The Kier molecular flexibility index (Phi) is 3.17. The van der Waals surface area contributed by atoms with E-state index in [-0.39, 0.29) is 17.0 Å². The molecule has 2 N–H and O–H groups in total. The SMILES string of the molecule is CC1(N)CN(C(=O)C=Cc2c(F)cccc2F)C1. The fourth-order valence-corrected chi connectivity index (χ4v) is 1.91. The number of likely N-dealkylation sites (tertiary alicyclic amines) is 1. The molecule has 0 atom stereocenters. The fraction of sp³-hybridized carbons (Fsp3) is 0.308. The number of carbonyl (C=O) groups excluding carboxylic acids is 1. The number of hydrogen-bond donors (Lipinski definition) is 1. The van der Waals surface area contributed by atoms with Crippen LogP contribution in [0.25, 0.3) is 6.08 Å². The average molecular weight is 252 g/mol. The summed E-state index contributed by atoms with van der Waals surface area (Å²) in [5.74, 6) is -1.67. The van der Waals surface area contributed by atoms with Gasteiger partial charge in [-0.2, -0.15) is 0 Å². The van der Waals surface area contributed by atoms with E-state index >= 15 is 0 Å². The first-order valence-corrected chi connectivity index (χ1v) is 5.59. The van der Waals surface area contributed by atoms with Gasteiger partial charge in [0, 0.05) is 30.3 Å². The van der Waals surface area contributed by atoms with Crippen LogP contribution in [0.5, 0.6) is 0 Å². The first-order valence-electron chi connectivity index (χ1n) is 5.59. The van der Waals surface area contributed by atoms with Gasteiger partial charge in [0.2, 0.25) is 5.91 Å². The predicted molar refractivity (Wildman–Crippen MR) is 64.6 cm³/mol. The zero-order valence-electron chi connectivity index (χ0n) is 9.99. The topological polar surface area (TPSA) is 46.3 Å². The molecule has 0 radical (unpaired) electrons. The largest absolute Gasteiger partial charge is 0.335 e. The normalized spacial score (nSPS) is 17.9. The molecule has 0 saturated carbocycles. The van der Waals surface area contributed by atoms with Crippen molar-refractivity contribution in [1.82, 2.24) is 4.90 Å². The van der Waals surface area contributed by atoms with Crippen molar-refractivity contribution in [3.8, 4) is 0 Å². The van der Waals surface area contributed by atoms with Crippen molar-refractivity contribution >= 4 is 12.0 Å². The predicted octanol–water partition coefficient (Wildman–Crippen LogP) is 1.54. The van der Waals surface area contributed by atoms with Crippen molar-refractivity contribution in [3.05, 3.63) is 41.5 Å². The maximum Gasteiger partial charge on any atom is 0.246 e.